The first-order chi connectivity index (χ1) is 15.2. The molecular weight excluding hydrogens is 396 g/mol. The van der Waals surface area contributed by atoms with E-state index in [4.69, 9.17) is 28.5 Å². The summed E-state index contributed by atoms with van der Waals surface area (Å²) in [5.41, 5.74) is 2.84. The lowest BCUT2D eigenvalue weighted by molar-refractivity contribution is -0.0213. The summed E-state index contributed by atoms with van der Waals surface area (Å²) in [6.45, 7) is 2.53. The van der Waals surface area contributed by atoms with E-state index in [1.165, 1.54) is 0 Å². The number of nitrogens with zero attached hydrogens (tertiary/aromatic N) is 2. The van der Waals surface area contributed by atoms with Crippen LogP contribution in [0.15, 0.2) is 64.3 Å². The molecule has 1 aromatic heterocycles. The van der Waals surface area contributed by atoms with Crippen LogP contribution in [0.2, 0.25) is 0 Å². The summed E-state index contributed by atoms with van der Waals surface area (Å²) in [6.07, 6.45) is 1.92. The molecule has 0 fully saturated rings. The summed E-state index contributed by atoms with van der Waals surface area (Å²) in [7, 11) is 3.24. The molecule has 3 heterocycles. The second-order valence-corrected chi connectivity index (χ2v) is 7.32. The van der Waals surface area contributed by atoms with E-state index >= 15 is 0 Å². The first-order valence-electron chi connectivity index (χ1n) is 10.3. The third kappa shape index (κ3) is 3.26. The van der Waals surface area contributed by atoms with Crippen LogP contribution < -0.4 is 18.9 Å². The Morgan fingerprint density at radius 1 is 1.03 bits per heavy atom. The predicted molar refractivity (Wildman–Crippen MR) is 115 cm³/mol. The zero-order valence-electron chi connectivity index (χ0n) is 17.7. The number of hydrogen-bond acceptors (Lipinski definition) is 7. The molecule has 0 saturated heterocycles. The standard InChI is InChI=1S/C24H24N2O5/c1-4-29-21-8-5-7-16-18-14-17(19-9-6-12-30-19)25-26(18)24(31-23(16)21)15-10-11-20(27-2)22(13-15)28-3/h5-13,18,24H,4,14H2,1-3H3/t18-,24-/m0/s1. The fourth-order valence-corrected chi connectivity index (χ4v) is 4.17. The molecule has 0 amide bonds. The molecule has 0 unspecified atom stereocenters. The van der Waals surface area contributed by atoms with Crippen LogP contribution in [0.5, 0.6) is 23.0 Å². The van der Waals surface area contributed by atoms with Crippen molar-refractivity contribution in [3.8, 4) is 23.0 Å². The number of furan rings is 1. The van der Waals surface area contributed by atoms with Gasteiger partial charge in [0.2, 0.25) is 6.23 Å². The average Bonchev–Trinajstić information content (AvgIpc) is 3.48. The van der Waals surface area contributed by atoms with Gasteiger partial charge in [0.25, 0.3) is 0 Å². The summed E-state index contributed by atoms with van der Waals surface area (Å²) < 4.78 is 28.9. The quantitative estimate of drug-likeness (QED) is 0.563. The molecule has 160 valence electrons. The van der Waals surface area contributed by atoms with Crippen LogP contribution in [0.25, 0.3) is 0 Å². The zero-order chi connectivity index (χ0) is 21.4. The number of rotatable bonds is 6. The summed E-state index contributed by atoms with van der Waals surface area (Å²) in [4.78, 5) is 0. The Morgan fingerprint density at radius 2 is 1.90 bits per heavy atom. The third-order valence-electron chi connectivity index (χ3n) is 5.58. The normalized spacial score (nSPS) is 19.2. The molecule has 5 rings (SSSR count). The van der Waals surface area contributed by atoms with Crippen molar-refractivity contribution in [2.45, 2.75) is 25.6 Å². The number of methoxy groups -OCH3 is 2. The van der Waals surface area contributed by atoms with Crippen molar-refractivity contribution in [3.63, 3.8) is 0 Å². The molecule has 0 aliphatic carbocycles. The Kier molecular flexibility index (Phi) is 4.94. The molecule has 31 heavy (non-hydrogen) atoms. The largest absolute Gasteiger partial charge is 0.493 e. The van der Waals surface area contributed by atoms with E-state index in [1.54, 1.807) is 20.5 Å². The lowest BCUT2D eigenvalue weighted by Crippen LogP contribution is -2.34. The summed E-state index contributed by atoms with van der Waals surface area (Å²) in [5.74, 6) is 3.55. The van der Waals surface area contributed by atoms with Crippen molar-refractivity contribution in [1.82, 2.24) is 5.01 Å². The molecule has 2 aliphatic rings. The van der Waals surface area contributed by atoms with Crippen molar-refractivity contribution in [3.05, 3.63) is 71.7 Å². The number of ether oxygens (including phenoxy) is 4. The van der Waals surface area contributed by atoms with E-state index < -0.39 is 6.23 Å². The summed E-state index contributed by atoms with van der Waals surface area (Å²) >= 11 is 0. The minimum absolute atomic E-state index is 0.00218. The Bertz CT molecular complexity index is 1110. The van der Waals surface area contributed by atoms with Crippen molar-refractivity contribution in [2.24, 2.45) is 5.10 Å². The number of hydrazone groups is 1. The van der Waals surface area contributed by atoms with Gasteiger partial charge in [-0.05, 0) is 43.3 Å². The van der Waals surface area contributed by atoms with Crippen molar-refractivity contribution in [1.29, 1.82) is 0 Å². The highest BCUT2D eigenvalue weighted by Crippen LogP contribution is 2.51. The minimum atomic E-state index is -0.452. The van der Waals surface area contributed by atoms with Crippen LogP contribution in [0.1, 0.15) is 42.5 Å². The average molecular weight is 420 g/mol. The van der Waals surface area contributed by atoms with Gasteiger partial charge in [-0.15, -0.1) is 0 Å². The van der Waals surface area contributed by atoms with Gasteiger partial charge in [-0.3, -0.25) is 0 Å². The SMILES string of the molecule is CCOc1cccc2c1O[C@@H](c1ccc(OC)c(OC)c1)N1N=C(c3ccco3)C[C@@H]21. The fraction of sp³-hybridized carbons (Fsp3) is 0.292. The van der Waals surface area contributed by atoms with Gasteiger partial charge in [-0.1, -0.05) is 12.1 Å². The number of benzene rings is 2. The molecule has 2 aromatic carbocycles. The van der Waals surface area contributed by atoms with E-state index in [9.17, 15) is 0 Å². The van der Waals surface area contributed by atoms with Crippen molar-refractivity contribution >= 4 is 5.71 Å². The van der Waals surface area contributed by atoms with Gasteiger partial charge in [-0.25, -0.2) is 5.01 Å². The van der Waals surface area contributed by atoms with E-state index in [0.29, 0.717) is 24.5 Å². The fourth-order valence-electron chi connectivity index (χ4n) is 4.17. The molecule has 0 bridgehead atoms. The second kappa shape index (κ2) is 7.91. The van der Waals surface area contributed by atoms with Crippen LogP contribution in [-0.4, -0.2) is 31.5 Å². The van der Waals surface area contributed by atoms with Crippen LogP contribution in [0, 0.1) is 0 Å². The molecule has 0 spiro atoms. The van der Waals surface area contributed by atoms with E-state index in [0.717, 1.165) is 34.1 Å². The molecule has 7 nitrogen and oxygen atoms in total. The highest BCUT2D eigenvalue weighted by Gasteiger charge is 2.42. The Hall–Kier alpha value is -3.61. The van der Waals surface area contributed by atoms with Crippen LogP contribution in [-0.2, 0) is 0 Å². The molecular formula is C24H24N2O5. The van der Waals surface area contributed by atoms with Crippen molar-refractivity contribution in [2.75, 3.05) is 20.8 Å². The Labute approximate surface area is 180 Å². The Balaban J connectivity index is 1.62. The van der Waals surface area contributed by atoms with Gasteiger partial charge in [0, 0.05) is 17.5 Å². The predicted octanol–water partition coefficient (Wildman–Crippen LogP) is 4.94. The molecule has 7 heteroatoms. The van der Waals surface area contributed by atoms with Crippen molar-refractivity contribution < 1.29 is 23.4 Å². The van der Waals surface area contributed by atoms with E-state index in [2.05, 4.69) is 6.07 Å². The lowest BCUT2D eigenvalue weighted by atomic mass is 9.97. The minimum Gasteiger partial charge on any atom is -0.493 e. The van der Waals surface area contributed by atoms with Gasteiger partial charge >= 0.3 is 0 Å². The van der Waals surface area contributed by atoms with Crippen LogP contribution in [0.3, 0.4) is 0 Å². The maximum absolute atomic E-state index is 6.52. The van der Waals surface area contributed by atoms with Gasteiger partial charge in [0.15, 0.2) is 23.0 Å². The third-order valence-corrected chi connectivity index (χ3v) is 5.58. The second-order valence-electron chi connectivity index (χ2n) is 7.32. The maximum atomic E-state index is 6.52. The first kappa shape index (κ1) is 19.4. The molecule has 0 N–H and O–H groups in total. The molecule has 2 aliphatic heterocycles. The highest BCUT2D eigenvalue weighted by molar-refractivity contribution is 5.99. The first-order valence-corrected chi connectivity index (χ1v) is 10.3. The number of hydrogen-bond donors (Lipinski definition) is 0. The summed E-state index contributed by atoms with van der Waals surface area (Å²) in [5, 5.41) is 6.90. The van der Waals surface area contributed by atoms with Gasteiger partial charge in [0.05, 0.1) is 33.1 Å². The van der Waals surface area contributed by atoms with Gasteiger partial charge < -0.3 is 23.4 Å². The number of fused-ring (bicyclic) bond motifs is 3. The molecule has 3 aromatic rings. The molecule has 0 saturated carbocycles. The molecule has 2 atom stereocenters. The van der Waals surface area contributed by atoms with Crippen LogP contribution >= 0.6 is 0 Å². The van der Waals surface area contributed by atoms with Crippen LogP contribution in [0.4, 0.5) is 0 Å². The lowest BCUT2D eigenvalue weighted by Gasteiger charge is -2.38. The van der Waals surface area contributed by atoms with Gasteiger partial charge in [0.1, 0.15) is 11.5 Å². The molecule has 0 radical (unpaired) electrons. The van der Waals surface area contributed by atoms with E-state index in [1.807, 2.05) is 54.4 Å². The number of para-hydroxylation sites is 1. The smallest absolute Gasteiger partial charge is 0.214 e. The van der Waals surface area contributed by atoms with Gasteiger partial charge in [-0.2, -0.15) is 5.10 Å². The topological polar surface area (TPSA) is 65.7 Å². The zero-order valence-corrected chi connectivity index (χ0v) is 17.7. The highest BCUT2D eigenvalue weighted by atomic mass is 16.5. The summed E-state index contributed by atoms with van der Waals surface area (Å²) in [6, 6.07) is 15.6. The van der Waals surface area contributed by atoms with E-state index in [-0.39, 0.29) is 6.04 Å². The Morgan fingerprint density at radius 3 is 2.65 bits per heavy atom. The monoisotopic (exact) mass is 420 g/mol. The maximum Gasteiger partial charge on any atom is 0.214 e.